The van der Waals surface area contributed by atoms with E-state index >= 15 is 0 Å². The number of ether oxygens (including phenoxy) is 2. The summed E-state index contributed by atoms with van der Waals surface area (Å²) in [6, 6.07) is 19.1. The Labute approximate surface area is 229 Å². The second kappa shape index (κ2) is 13.0. The molecule has 4 rings (SSSR count). The summed E-state index contributed by atoms with van der Waals surface area (Å²) in [5.74, 6) is -1.00. The number of Topliss-reactive ketones (excluding diaryl/α,β-unsaturated/α-hetero) is 2. The van der Waals surface area contributed by atoms with Gasteiger partial charge in [0.15, 0.2) is 11.6 Å². The van der Waals surface area contributed by atoms with Crippen LogP contribution >= 0.6 is 0 Å². The number of piperidine rings is 1. The first kappa shape index (κ1) is 28.5. The van der Waals surface area contributed by atoms with Crippen molar-refractivity contribution in [3.8, 4) is 11.5 Å². The van der Waals surface area contributed by atoms with E-state index in [9.17, 15) is 14.0 Å². The molecule has 1 heterocycles. The van der Waals surface area contributed by atoms with Crippen LogP contribution in [0.4, 0.5) is 4.39 Å². The quantitative estimate of drug-likeness (QED) is 0.267. The van der Waals surface area contributed by atoms with Crippen molar-refractivity contribution in [3.05, 3.63) is 94.8 Å². The van der Waals surface area contributed by atoms with Gasteiger partial charge >= 0.3 is 0 Å². The predicted molar refractivity (Wildman–Crippen MR) is 150 cm³/mol. The van der Waals surface area contributed by atoms with Crippen LogP contribution in [0, 0.1) is 24.6 Å². The maximum atomic E-state index is 14.9. The van der Waals surface area contributed by atoms with Crippen molar-refractivity contribution < 1.29 is 23.5 Å². The van der Waals surface area contributed by atoms with Gasteiger partial charge in [-0.15, -0.1) is 0 Å². The van der Waals surface area contributed by atoms with Gasteiger partial charge in [0.25, 0.3) is 0 Å². The predicted octanol–water partition coefficient (Wildman–Crippen LogP) is 5.29. The van der Waals surface area contributed by atoms with Crippen LogP contribution in [0.5, 0.6) is 11.5 Å². The summed E-state index contributed by atoms with van der Waals surface area (Å²) < 4.78 is 25.6. The van der Waals surface area contributed by atoms with E-state index in [1.165, 1.54) is 6.07 Å². The van der Waals surface area contributed by atoms with Crippen LogP contribution in [0.2, 0.25) is 0 Å². The van der Waals surface area contributed by atoms with Crippen molar-refractivity contribution >= 4 is 11.6 Å². The zero-order valence-electron chi connectivity index (χ0n) is 22.9. The van der Waals surface area contributed by atoms with E-state index in [0.717, 1.165) is 19.4 Å². The zero-order valence-corrected chi connectivity index (χ0v) is 22.9. The number of rotatable bonds is 11. The molecule has 0 saturated carbocycles. The van der Waals surface area contributed by atoms with Gasteiger partial charge in [-0.2, -0.15) is 0 Å². The second-order valence-electron chi connectivity index (χ2n) is 10.1. The van der Waals surface area contributed by atoms with Crippen molar-refractivity contribution in [2.75, 3.05) is 40.4 Å². The fraction of sp³-hybridized carbons (Fsp3) is 0.375. The number of nitrogens with zero attached hydrogens (tertiary/aromatic N) is 1. The minimum absolute atomic E-state index is 0.0884. The number of unbranched alkanes of at least 4 members (excludes halogenated alkanes) is 1. The third-order valence-corrected chi connectivity index (χ3v) is 7.76. The average molecular weight is 533 g/mol. The van der Waals surface area contributed by atoms with Gasteiger partial charge < -0.3 is 20.1 Å². The molecule has 3 aromatic rings. The first-order valence-electron chi connectivity index (χ1n) is 13.4. The van der Waals surface area contributed by atoms with Gasteiger partial charge in [-0.3, -0.25) is 9.59 Å². The van der Waals surface area contributed by atoms with Gasteiger partial charge in [-0.25, -0.2) is 4.39 Å². The Kier molecular flexibility index (Phi) is 9.49. The van der Waals surface area contributed by atoms with Gasteiger partial charge in [0, 0.05) is 42.0 Å². The Bertz CT molecular complexity index is 1240. The molecule has 0 bridgehead atoms. The van der Waals surface area contributed by atoms with Crippen LogP contribution in [-0.4, -0.2) is 56.9 Å². The van der Waals surface area contributed by atoms with E-state index in [2.05, 4.69) is 4.90 Å². The maximum absolute atomic E-state index is 14.9. The summed E-state index contributed by atoms with van der Waals surface area (Å²) >= 11 is 0. The Hall–Kier alpha value is -3.55. The van der Waals surface area contributed by atoms with Crippen molar-refractivity contribution in [1.82, 2.24) is 4.90 Å². The fourth-order valence-electron chi connectivity index (χ4n) is 5.69. The van der Waals surface area contributed by atoms with Crippen LogP contribution in [0.25, 0.3) is 0 Å². The molecule has 1 saturated heterocycles. The van der Waals surface area contributed by atoms with Crippen LogP contribution in [0.1, 0.15) is 50.6 Å². The second-order valence-corrected chi connectivity index (χ2v) is 10.1. The van der Waals surface area contributed by atoms with Crippen LogP contribution in [0.15, 0.2) is 66.7 Å². The standard InChI is InChI=1S/C32H37FN2O4/c1-21-26(13-8-14-29(21)33)30-27(31(36)22-9-6-11-24(17-22)38-2)19-35(16-5-4-15-34)20-28(30)32(37)23-10-7-12-25(18-23)39-3/h6-14,17-18,27-28,30H,4-5,15-16,19-20,34H2,1-3H3/t27-,28-/m0/s1. The fourth-order valence-corrected chi connectivity index (χ4v) is 5.69. The van der Waals surface area contributed by atoms with Crippen molar-refractivity contribution in [3.63, 3.8) is 0 Å². The van der Waals surface area contributed by atoms with Gasteiger partial charge in [0.1, 0.15) is 17.3 Å². The molecular formula is C32H37FN2O4. The minimum Gasteiger partial charge on any atom is -0.497 e. The lowest BCUT2D eigenvalue weighted by Crippen LogP contribution is -2.50. The molecule has 1 aliphatic heterocycles. The maximum Gasteiger partial charge on any atom is 0.167 e. The molecule has 7 heteroatoms. The molecule has 3 aromatic carbocycles. The normalized spacial score (nSPS) is 18.1. The SMILES string of the molecule is COc1cccc(C(=O)[C@H]2CN(CCCCN)C[C@H](C(=O)c3cccc(OC)c3)C2c2cccc(F)c2C)c1. The zero-order chi connectivity index (χ0) is 27.9. The highest BCUT2D eigenvalue weighted by Gasteiger charge is 2.45. The minimum atomic E-state index is -0.566. The van der Waals surface area contributed by atoms with Crippen LogP contribution in [-0.2, 0) is 0 Å². The number of hydrogen-bond acceptors (Lipinski definition) is 6. The molecule has 0 spiro atoms. The molecule has 0 unspecified atom stereocenters. The molecule has 1 aliphatic rings. The van der Waals surface area contributed by atoms with E-state index in [1.807, 2.05) is 6.07 Å². The summed E-state index contributed by atoms with van der Waals surface area (Å²) in [7, 11) is 3.12. The first-order valence-corrected chi connectivity index (χ1v) is 13.4. The number of ketones is 2. The lowest BCUT2D eigenvalue weighted by atomic mass is 9.67. The largest absolute Gasteiger partial charge is 0.497 e. The molecule has 0 aliphatic carbocycles. The summed E-state index contributed by atoms with van der Waals surface area (Å²) in [6.07, 6.45) is 1.71. The summed E-state index contributed by atoms with van der Waals surface area (Å²) in [6.45, 7) is 3.94. The smallest absolute Gasteiger partial charge is 0.167 e. The third-order valence-electron chi connectivity index (χ3n) is 7.76. The summed E-state index contributed by atoms with van der Waals surface area (Å²) in [5, 5.41) is 0. The lowest BCUT2D eigenvalue weighted by Gasteiger charge is -2.43. The van der Waals surface area contributed by atoms with Gasteiger partial charge in [-0.1, -0.05) is 36.4 Å². The molecule has 6 nitrogen and oxygen atoms in total. The Morgan fingerprint density at radius 2 is 1.41 bits per heavy atom. The monoisotopic (exact) mass is 532 g/mol. The molecule has 0 aromatic heterocycles. The number of hydrogen-bond donors (Lipinski definition) is 1. The molecule has 2 atom stereocenters. The topological polar surface area (TPSA) is 81.9 Å². The highest BCUT2D eigenvalue weighted by atomic mass is 19.1. The molecular weight excluding hydrogens is 495 g/mol. The Balaban J connectivity index is 1.84. The lowest BCUT2D eigenvalue weighted by molar-refractivity contribution is 0.0568. The number of benzene rings is 3. The molecule has 39 heavy (non-hydrogen) atoms. The van der Waals surface area contributed by atoms with E-state index in [1.54, 1.807) is 75.7 Å². The molecule has 206 valence electrons. The van der Waals surface area contributed by atoms with Gasteiger partial charge in [0.2, 0.25) is 0 Å². The highest BCUT2D eigenvalue weighted by molar-refractivity contribution is 6.02. The van der Waals surface area contributed by atoms with E-state index in [-0.39, 0.29) is 17.4 Å². The highest BCUT2D eigenvalue weighted by Crippen LogP contribution is 2.42. The molecule has 1 fully saturated rings. The summed E-state index contributed by atoms with van der Waals surface area (Å²) in [5.41, 5.74) is 7.92. The first-order chi connectivity index (χ1) is 18.9. The molecule has 2 N–H and O–H groups in total. The number of methoxy groups -OCH3 is 2. The molecule has 0 amide bonds. The van der Waals surface area contributed by atoms with Crippen molar-refractivity contribution in [2.24, 2.45) is 17.6 Å². The molecule has 0 radical (unpaired) electrons. The third kappa shape index (κ3) is 6.37. The van der Waals surface area contributed by atoms with E-state index in [4.69, 9.17) is 15.2 Å². The van der Waals surface area contributed by atoms with Crippen LogP contribution < -0.4 is 15.2 Å². The Morgan fingerprint density at radius 1 is 0.872 bits per heavy atom. The van der Waals surface area contributed by atoms with Crippen LogP contribution in [0.3, 0.4) is 0 Å². The van der Waals surface area contributed by atoms with Gasteiger partial charge in [0.05, 0.1) is 14.2 Å². The van der Waals surface area contributed by atoms with Crippen molar-refractivity contribution in [1.29, 1.82) is 0 Å². The number of halogens is 1. The number of carbonyl (C=O) groups excluding carboxylic acids is 2. The average Bonchev–Trinajstić information content (AvgIpc) is 2.97. The van der Waals surface area contributed by atoms with E-state index in [0.29, 0.717) is 53.4 Å². The van der Waals surface area contributed by atoms with Crippen molar-refractivity contribution in [2.45, 2.75) is 25.7 Å². The number of carbonyl (C=O) groups is 2. The number of likely N-dealkylation sites (tertiary alicyclic amines) is 1. The van der Waals surface area contributed by atoms with E-state index < -0.39 is 17.8 Å². The number of nitrogens with two attached hydrogens (primary N) is 1. The Morgan fingerprint density at radius 3 is 1.92 bits per heavy atom. The summed E-state index contributed by atoms with van der Waals surface area (Å²) in [4.78, 5) is 30.6. The van der Waals surface area contributed by atoms with Gasteiger partial charge in [-0.05, 0) is 74.3 Å².